The molecular weight excluding hydrogens is 230 g/mol. The molecule has 16 heavy (non-hydrogen) atoms. The van der Waals surface area contributed by atoms with Crippen molar-refractivity contribution in [3.05, 3.63) is 22.8 Å². The Kier molecular flexibility index (Phi) is 4.37. The van der Waals surface area contributed by atoms with Crippen LogP contribution in [0.3, 0.4) is 0 Å². The minimum Gasteiger partial charge on any atom is -0.474 e. The van der Waals surface area contributed by atoms with Gasteiger partial charge >= 0.3 is 0 Å². The summed E-state index contributed by atoms with van der Waals surface area (Å²) in [6.45, 7) is 3.90. The third-order valence-corrected chi connectivity index (χ3v) is 2.49. The molecule has 0 fully saturated rings. The van der Waals surface area contributed by atoms with Crippen molar-refractivity contribution in [2.24, 2.45) is 10.9 Å². The first-order valence-corrected chi connectivity index (χ1v) is 5.27. The Morgan fingerprint density at radius 3 is 3.00 bits per heavy atom. The third-order valence-electron chi connectivity index (χ3n) is 2.13. The molecule has 0 saturated heterocycles. The van der Waals surface area contributed by atoms with E-state index in [-0.39, 0.29) is 17.0 Å². The van der Waals surface area contributed by atoms with Gasteiger partial charge in [-0.05, 0) is 19.4 Å². The molecule has 0 aromatic carbocycles. The largest absolute Gasteiger partial charge is 0.474 e. The van der Waals surface area contributed by atoms with Gasteiger partial charge in [-0.15, -0.1) is 0 Å². The number of hydrogen-bond donors (Lipinski definition) is 2. The van der Waals surface area contributed by atoms with Gasteiger partial charge in [0.05, 0.1) is 6.10 Å². The van der Waals surface area contributed by atoms with E-state index < -0.39 is 0 Å². The van der Waals surface area contributed by atoms with Crippen LogP contribution in [0.2, 0.25) is 5.02 Å². The Morgan fingerprint density at radius 2 is 2.44 bits per heavy atom. The molecule has 1 heterocycles. The van der Waals surface area contributed by atoms with E-state index in [2.05, 4.69) is 10.1 Å². The molecule has 0 aliphatic carbocycles. The van der Waals surface area contributed by atoms with E-state index in [9.17, 15) is 0 Å². The molecule has 1 aromatic rings. The molecule has 1 aromatic heterocycles. The van der Waals surface area contributed by atoms with Crippen molar-refractivity contribution in [2.45, 2.75) is 26.4 Å². The highest BCUT2D eigenvalue weighted by Gasteiger charge is 2.13. The summed E-state index contributed by atoms with van der Waals surface area (Å²) >= 11 is 6.02. The molecule has 0 aliphatic heterocycles. The van der Waals surface area contributed by atoms with E-state index in [0.717, 1.165) is 6.42 Å². The van der Waals surface area contributed by atoms with Gasteiger partial charge in [0.1, 0.15) is 5.02 Å². The minimum atomic E-state index is -0.0681. The fraction of sp³-hybridized carbons (Fsp3) is 0.400. The highest BCUT2D eigenvalue weighted by atomic mass is 35.5. The smallest absolute Gasteiger partial charge is 0.233 e. The molecule has 0 spiro atoms. The first-order valence-electron chi connectivity index (χ1n) is 4.89. The van der Waals surface area contributed by atoms with Gasteiger partial charge in [-0.25, -0.2) is 4.98 Å². The second-order valence-corrected chi connectivity index (χ2v) is 3.68. The number of hydrogen-bond acceptors (Lipinski definition) is 4. The molecule has 0 amide bonds. The maximum absolute atomic E-state index is 8.57. The van der Waals surface area contributed by atoms with E-state index >= 15 is 0 Å². The SMILES string of the molecule is CCC(C)Oc1nccc(/C(N)=N/O)c1Cl. The molecule has 0 saturated carbocycles. The zero-order valence-electron chi connectivity index (χ0n) is 9.14. The summed E-state index contributed by atoms with van der Waals surface area (Å²) in [5.74, 6) is 0.224. The summed E-state index contributed by atoms with van der Waals surface area (Å²) in [5, 5.41) is 11.7. The molecule has 5 nitrogen and oxygen atoms in total. The highest BCUT2D eigenvalue weighted by molar-refractivity contribution is 6.35. The van der Waals surface area contributed by atoms with Crippen LogP contribution in [0.5, 0.6) is 5.88 Å². The van der Waals surface area contributed by atoms with Crippen LogP contribution < -0.4 is 10.5 Å². The number of oxime groups is 1. The summed E-state index contributed by atoms with van der Waals surface area (Å²) in [6.07, 6.45) is 2.34. The van der Waals surface area contributed by atoms with E-state index in [1.807, 2.05) is 13.8 Å². The zero-order chi connectivity index (χ0) is 12.1. The van der Waals surface area contributed by atoms with E-state index in [1.165, 1.54) is 6.20 Å². The lowest BCUT2D eigenvalue weighted by Gasteiger charge is -2.13. The van der Waals surface area contributed by atoms with Crippen LogP contribution in [-0.4, -0.2) is 22.1 Å². The lowest BCUT2D eigenvalue weighted by Crippen LogP contribution is -2.16. The normalized spacial score (nSPS) is 13.6. The van der Waals surface area contributed by atoms with Crippen molar-refractivity contribution in [1.29, 1.82) is 0 Å². The average molecular weight is 244 g/mol. The number of rotatable bonds is 4. The van der Waals surface area contributed by atoms with Crippen molar-refractivity contribution in [1.82, 2.24) is 4.98 Å². The van der Waals surface area contributed by atoms with Gasteiger partial charge in [-0.1, -0.05) is 23.7 Å². The molecule has 1 rings (SSSR count). The zero-order valence-corrected chi connectivity index (χ0v) is 9.90. The Hall–Kier alpha value is -1.49. The Bertz CT molecular complexity index is 396. The summed E-state index contributed by atoms with van der Waals surface area (Å²) in [5.41, 5.74) is 5.86. The van der Waals surface area contributed by atoms with Crippen molar-refractivity contribution in [3.8, 4) is 5.88 Å². The van der Waals surface area contributed by atoms with Crippen molar-refractivity contribution in [2.75, 3.05) is 0 Å². The molecule has 3 N–H and O–H groups in total. The van der Waals surface area contributed by atoms with Crippen LogP contribution in [0.4, 0.5) is 0 Å². The average Bonchev–Trinajstić information content (AvgIpc) is 2.30. The second-order valence-electron chi connectivity index (χ2n) is 3.30. The number of ether oxygens (including phenoxy) is 1. The van der Waals surface area contributed by atoms with Gasteiger partial charge in [-0.2, -0.15) is 0 Å². The first-order chi connectivity index (χ1) is 7.60. The fourth-order valence-corrected chi connectivity index (χ4v) is 1.29. The number of nitrogens with two attached hydrogens (primary N) is 1. The van der Waals surface area contributed by atoms with Crippen LogP contribution in [0, 0.1) is 0 Å². The van der Waals surface area contributed by atoms with Crippen LogP contribution >= 0.6 is 11.6 Å². The van der Waals surface area contributed by atoms with Gasteiger partial charge in [0.2, 0.25) is 5.88 Å². The lowest BCUT2D eigenvalue weighted by atomic mass is 10.2. The molecule has 6 heteroatoms. The highest BCUT2D eigenvalue weighted by Crippen LogP contribution is 2.26. The summed E-state index contributed by atoms with van der Waals surface area (Å²) in [6, 6.07) is 1.56. The predicted octanol–water partition coefficient (Wildman–Crippen LogP) is 2.01. The maximum Gasteiger partial charge on any atom is 0.233 e. The van der Waals surface area contributed by atoms with Gasteiger partial charge < -0.3 is 15.7 Å². The molecule has 1 atom stereocenters. The Labute approximate surface area is 98.9 Å². The molecular formula is C10H14ClN3O2. The third kappa shape index (κ3) is 2.76. The molecule has 0 radical (unpaired) electrons. The molecule has 88 valence electrons. The minimum absolute atomic E-state index is 0.00698. The lowest BCUT2D eigenvalue weighted by molar-refractivity contribution is 0.209. The van der Waals surface area contributed by atoms with Gasteiger partial charge in [0.25, 0.3) is 0 Å². The molecule has 0 bridgehead atoms. The summed E-state index contributed by atoms with van der Waals surface area (Å²) in [7, 11) is 0. The number of nitrogens with zero attached hydrogens (tertiary/aromatic N) is 2. The van der Waals surface area contributed by atoms with Crippen LogP contribution in [0.1, 0.15) is 25.8 Å². The quantitative estimate of drug-likeness (QED) is 0.367. The number of pyridine rings is 1. The predicted molar refractivity (Wildman–Crippen MR) is 62.1 cm³/mol. The molecule has 1 unspecified atom stereocenters. The van der Waals surface area contributed by atoms with E-state index in [4.69, 9.17) is 27.3 Å². The van der Waals surface area contributed by atoms with Crippen LogP contribution in [0.15, 0.2) is 17.4 Å². The van der Waals surface area contributed by atoms with Gasteiger partial charge in [0, 0.05) is 11.8 Å². The standard InChI is InChI=1S/C10H14ClN3O2/c1-3-6(2)16-10-8(11)7(4-5-13-10)9(12)14-15/h4-6,15H,3H2,1-2H3,(H2,12,14). The summed E-state index contributed by atoms with van der Waals surface area (Å²) in [4.78, 5) is 4.00. The van der Waals surface area contributed by atoms with E-state index in [0.29, 0.717) is 11.4 Å². The van der Waals surface area contributed by atoms with Gasteiger partial charge in [0.15, 0.2) is 5.84 Å². The van der Waals surface area contributed by atoms with E-state index in [1.54, 1.807) is 6.07 Å². The maximum atomic E-state index is 8.57. The van der Waals surface area contributed by atoms with Crippen molar-refractivity contribution >= 4 is 17.4 Å². The number of aromatic nitrogens is 1. The summed E-state index contributed by atoms with van der Waals surface area (Å²) < 4.78 is 5.49. The molecule has 0 aliphatic rings. The monoisotopic (exact) mass is 243 g/mol. The van der Waals surface area contributed by atoms with Crippen molar-refractivity contribution < 1.29 is 9.94 Å². The topological polar surface area (TPSA) is 80.7 Å². The Morgan fingerprint density at radius 1 is 1.75 bits per heavy atom. The number of amidine groups is 1. The Balaban J connectivity index is 3.04. The number of halogens is 1. The van der Waals surface area contributed by atoms with Crippen molar-refractivity contribution in [3.63, 3.8) is 0 Å². The second kappa shape index (κ2) is 5.55. The van der Waals surface area contributed by atoms with Crippen LogP contribution in [0.25, 0.3) is 0 Å². The first kappa shape index (κ1) is 12.6. The van der Waals surface area contributed by atoms with Crippen LogP contribution in [-0.2, 0) is 0 Å². The van der Waals surface area contributed by atoms with Gasteiger partial charge in [-0.3, -0.25) is 0 Å². The fourth-order valence-electron chi connectivity index (χ4n) is 1.03.